The highest BCUT2D eigenvalue weighted by atomic mass is 32.1. The smallest absolute Gasteiger partial charge is 0.107 e. The molecule has 2 rings (SSSR count). The predicted octanol–water partition coefficient (Wildman–Crippen LogP) is 1.78. The number of nitrogens with zero attached hydrogens (tertiary/aromatic N) is 3. The summed E-state index contributed by atoms with van der Waals surface area (Å²) in [4.78, 5) is 5.57. The Bertz CT molecular complexity index is 472. The minimum atomic E-state index is 0.826. The molecule has 0 aliphatic rings. The van der Waals surface area contributed by atoms with E-state index in [0.717, 1.165) is 18.1 Å². The Hall–Kier alpha value is -1.20. The quantitative estimate of drug-likeness (QED) is 0.880. The van der Waals surface area contributed by atoms with Crippen molar-refractivity contribution in [1.82, 2.24) is 20.1 Å². The van der Waals surface area contributed by atoms with Crippen molar-refractivity contribution in [2.45, 2.75) is 26.9 Å². The van der Waals surface area contributed by atoms with Crippen molar-refractivity contribution in [3.63, 3.8) is 0 Å². The van der Waals surface area contributed by atoms with E-state index in [9.17, 15) is 0 Å². The van der Waals surface area contributed by atoms with Crippen LogP contribution < -0.4 is 5.32 Å². The Morgan fingerprint density at radius 3 is 2.69 bits per heavy atom. The second kappa shape index (κ2) is 4.76. The molecule has 0 saturated carbocycles. The molecule has 0 spiro atoms. The molecule has 1 N–H and O–H groups in total. The second-order valence-corrected chi connectivity index (χ2v) is 5.17. The van der Waals surface area contributed by atoms with Crippen LogP contribution in [0.1, 0.15) is 21.1 Å². The lowest BCUT2D eigenvalue weighted by Gasteiger charge is -2.02. The van der Waals surface area contributed by atoms with Crippen molar-refractivity contribution >= 4 is 11.3 Å². The lowest BCUT2D eigenvalue weighted by Crippen LogP contribution is -2.13. The van der Waals surface area contributed by atoms with Crippen LogP contribution in [0.25, 0.3) is 0 Å². The molecule has 2 heterocycles. The maximum Gasteiger partial charge on any atom is 0.107 e. The lowest BCUT2D eigenvalue weighted by atomic mass is 10.2. The zero-order chi connectivity index (χ0) is 11.5. The largest absolute Gasteiger partial charge is 0.306 e. The van der Waals surface area contributed by atoms with E-state index in [0.29, 0.717) is 0 Å². The Morgan fingerprint density at radius 1 is 1.31 bits per heavy atom. The van der Waals surface area contributed by atoms with E-state index in [1.165, 1.54) is 16.1 Å². The van der Waals surface area contributed by atoms with Gasteiger partial charge in [0, 0.05) is 42.5 Å². The average Bonchev–Trinajstić information content (AvgIpc) is 2.79. The summed E-state index contributed by atoms with van der Waals surface area (Å²) in [6, 6.07) is 0. The number of hydrogen-bond donors (Lipinski definition) is 1. The molecular weight excluding hydrogens is 220 g/mol. The van der Waals surface area contributed by atoms with E-state index in [4.69, 9.17) is 0 Å². The standard InChI is InChI=1S/C11H16N4S/c1-8-4-13-11(16-8)7-12-5-10-6-14-15(3)9(10)2/h4,6,12H,5,7H2,1-3H3. The van der Waals surface area contributed by atoms with E-state index in [1.54, 1.807) is 11.3 Å². The molecule has 0 aromatic carbocycles. The van der Waals surface area contributed by atoms with Gasteiger partial charge in [0.05, 0.1) is 6.20 Å². The zero-order valence-corrected chi connectivity index (χ0v) is 10.6. The van der Waals surface area contributed by atoms with E-state index < -0.39 is 0 Å². The summed E-state index contributed by atoms with van der Waals surface area (Å²) in [6.07, 6.45) is 3.83. The molecule has 86 valence electrons. The van der Waals surface area contributed by atoms with Crippen molar-refractivity contribution in [2.75, 3.05) is 0 Å². The molecule has 0 unspecified atom stereocenters. The summed E-state index contributed by atoms with van der Waals surface area (Å²) < 4.78 is 1.89. The lowest BCUT2D eigenvalue weighted by molar-refractivity contribution is 0.682. The summed E-state index contributed by atoms with van der Waals surface area (Å²) in [6.45, 7) is 5.83. The maximum absolute atomic E-state index is 4.31. The Morgan fingerprint density at radius 2 is 2.12 bits per heavy atom. The summed E-state index contributed by atoms with van der Waals surface area (Å²) in [5.74, 6) is 0. The molecule has 0 bridgehead atoms. The monoisotopic (exact) mass is 236 g/mol. The van der Waals surface area contributed by atoms with Crippen LogP contribution in [0.5, 0.6) is 0 Å². The van der Waals surface area contributed by atoms with Crippen molar-refractivity contribution < 1.29 is 0 Å². The fourth-order valence-corrected chi connectivity index (χ4v) is 2.26. The van der Waals surface area contributed by atoms with Crippen molar-refractivity contribution in [1.29, 1.82) is 0 Å². The number of aromatic nitrogens is 3. The summed E-state index contributed by atoms with van der Waals surface area (Å²) in [7, 11) is 1.96. The van der Waals surface area contributed by atoms with Gasteiger partial charge in [0.2, 0.25) is 0 Å². The van der Waals surface area contributed by atoms with Gasteiger partial charge in [-0.3, -0.25) is 4.68 Å². The van der Waals surface area contributed by atoms with Gasteiger partial charge in [0.15, 0.2) is 0 Å². The van der Waals surface area contributed by atoms with Gasteiger partial charge in [0.25, 0.3) is 0 Å². The molecule has 0 aliphatic carbocycles. The molecule has 0 aliphatic heterocycles. The Kier molecular flexibility index (Phi) is 3.36. The van der Waals surface area contributed by atoms with Gasteiger partial charge in [0.1, 0.15) is 5.01 Å². The maximum atomic E-state index is 4.31. The molecule has 4 nitrogen and oxygen atoms in total. The SMILES string of the molecule is Cc1cnc(CNCc2cnn(C)c2C)s1. The number of nitrogens with one attached hydrogen (secondary N) is 1. The minimum Gasteiger partial charge on any atom is -0.306 e. The highest BCUT2D eigenvalue weighted by Gasteiger charge is 2.03. The highest BCUT2D eigenvalue weighted by molar-refractivity contribution is 7.11. The van der Waals surface area contributed by atoms with Gasteiger partial charge in [-0.2, -0.15) is 5.10 Å². The van der Waals surface area contributed by atoms with Crippen LogP contribution in [-0.2, 0) is 20.1 Å². The normalized spacial score (nSPS) is 10.9. The molecule has 5 heteroatoms. The third-order valence-corrected chi connectivity index (χ3v) is 3.51. The van der Waals surface area contributed by atoms with Crippen LogP contribution in [0.2, 0.25) is 0 Å². The molecule has 0 radical (unpaired) electrons. The van der Waals surface area contributed by atoms with Crippen LogP contribution in [-0.4, -0.2) is 14.8 Å². The van der Waals surface area contributed by atoms with E-state index in [1.807, 2.05) is 24.1 Å². The predicted molar refractivity (Wildman–Crippen MR) is 65.3 cm³/mol. The molecule has 16 heavy (non-hydrogen) atoms. The van der Waals surface area contributed by atoms with Crippen molar-refractivity contribution in [3.8, 4) is 0 Å². The summed E-state index contributed by atoms with van der Waals surface area (Å²) in [5, 5.41) is 8.73. The second-order valence-electron chi connectivity index (χ2n) is 3.85. The molecule has 0 fully saturated rings. The van der Waals surface area contributed by atoms with Gasteiger partial charge < -0.3 is 5.32 Å². The van der Waals surface area contributed by atoms with E-state index in [2.05, 4.69) is 29.2 Å². The number of thiazole rings is 1. The first kappa shape index (κ1) is 11.3. The molecule has 0 saturated heterocycles. The minimum absolute atomic E-state index is 0.826. The average molecular weight is 236 g/mol. The highest BCUT2D eigenvalue weighted by Crippen LogP contribution is 2.11. The fraction of sp³-hybridized carbons (Fsp3) is 0.455. The number of aryl methyl sites for hydroxylation is 2. The van der Waals surface area contributed by atoms with E-state index >= 15 is 0 Å². The van der Waals surface area contributed by atoms with Gasteiger partial charge in [-0.1, -0.05) is 0 Å². The van der Waals surface area contributed by atoms with Gasteiger partial charge in [-0.05, 0) is 13.8 Å². The van der Waals surface area contributed by atoms with Crippen LogP contribution in [0.4, 0.5) is 0 Å². The van der Waals surface area contributed by atoms with Crippen molar-refractivity contribution in [2.24, 2.45) is 7.05 Å². The van der Waals surface area contributed by atoms with Crippen LogP contribution in [0, 0.1) is 13.8 Å². The number of hydrogen-bond acceptors (Lipinski definition) is 4. The zero-order valence-electron chi connectivity index (χ0n) is 9.82. The van der Waals surface area contributed by atoms with Gasteiger partial charge in [-0.15, -0.1) is 11.3 Å². The Balaban J connectivity index is 1.86. The van der Waals surface area contributed by atoms with Crippen molar-refractivity contribution in [3.05, 3.63) is 33.5 Å². The van der Waals surface area contributed by atoms with Gasteiger partial charge in [-0.25, -0.2) is 4.98 Å². The Labute approximate surface area is 99.3 Å². The van der Waals surface area contributed by atoms with Crippen LogP contribution in [0.3, 0.4) is 0 Å². The van der Waals surface area contributed by atoms with Crippen LogP contribution in [0.15, 0.2) is 12.4 Å². The topological polar surface area (TPSA) is 42.7 Å². The first-order valence-electron chi connectivity index (χ1n) is 5.26. The number of rotatable bonds is 4. The molecule has 0 amide bonds. The molecular formula is C11H16N4S. The molecule has 0 atom stereocenters. The first-order chi connectivity index (χ1) is 7.66. The van der Waals surface area contributed by atoms with E-state index in [-0.39, 0.29) is 0 Å². The summed E-state index contributed by atoms with van der Waals surface area (Å²) in [5.41, 5.74) is 2.46. The summed E-state index contributed by atoms with van der Waals surface area (Å²) >= 11 is 1.74. The molecule has 2 aromatic rings. The molecule has 2 aromatic heterocycles. The third kappa shape index (κ3) is 2.48. The van der Waals surface area contributed by atoms with Crippen LogP contribution >= 0.6 is 11.3 Å². The first-order valence-corrected chi connectivity index (χ1v) is 6.08. The third-order valence-electron chi connectivity index (χ3n) is 2.60. The fourth-order valence-electron chi connectivity index (χ4n) is 1.50. The van der Waals surface area contributed by atoms with Gasteiger partial charge >= 0.3 is 0 Å².